The normalized spacial score (nSPS) is 17.1. The number of ether oxygens (including phenoxy) is 1. The van der Waals surface area contributed by atoms with Gasteiger partial charge in [-0.3, -0.25) is 0 Å². The Morgan fingerprint density at radius 2 is 1.88 bits per heavy atom. The van der Waals surface area contributed by atoms with Gasteiger partial charge in [-0.2, -0.15) is 0 Å². The molecular formula is C11H19NO4. The number of carboxylic acids is 1. The average molecular weight is 229 g/mol. The molecule has 5 nitrogen and oxygen atoms in total. The maximum absolute atomic E-state index is 11.7. The Bertz CT molecular complexity index is 306. The first-order chi connectivity index (χ1) is 7.05. The minimum atomic E-state index is -2.09. The molecule has 5 heteroatoms. The van der Waals surface area contributed by atoms with Crippen molar-refractivity contribution in [2.24, 2.45) is 11.7 Å². The maximum Gasteiger partial charge on any atom is 0.338 e. The van der Waals surface area contributed by atoms with E-state index in [1.165, 1.54) is 13.0 Å². The highest BCUT2D eigenvalue weighted by Crippen LogP contribution is 2.21. The molecule has 0 saturated heterocycles. The third-order valence-electron chi connectivity index (χ3n) is 2.16. The zero-order valence-electron chi connectivity index (χ0n) is 10.1. The Morgan fingerprint density at radius 3 is 2.12 bits per heavy atom. The predicted octanol–water partition coefficient (Wildman–Crippen LogP) is 0.932. The molecule has 0 bridgehead atoms. The van der Waals surface area contributed by atoms with E-state index in [1.807, 2.05) is 0 Å². The van der Waals surface area contributed by atoms with Crippen molar-refractivity contribution in [3.8, 4) is 0 Å². The Balaban J connectivity index is 5.15. The summed E-state index contributed by atoms with van der Waals surface area (Å²) in [6.07, 6.45) is 1.32. The smallest absolute Gasteiger partial charge is 0.338 e. The minimum absolute atomic E-state index is 0.722. The van der Waals surface area contributed by atoms with Gasteiger partial charge in [0.15, 0.2) is 0 Å². The van der Waals surface area contributed by atoms with Gasteiger partial charge >= 0.3 is 11.9 Å². The molecule has 3 N–H and O–H groups in total. The summed E-state index contributed by atoms with van der Waals surface area (Å²) < 4.78 is 4.99. The zero-order valence-corrected chi connectivity index (χ0v) is 10.1. The van der Waals surface area contributed by atoms with Crippen molar-refractivity contribution in [3.63, 3.8) is 0 Å². The minimum Gasteiger partial charge on any atom is -0.479 e. The number of carbonyl (C=O) groups is 2. The fraction of sp³-hybridized carbons (Fsp3) is 0.636. The standard InChI is InChI=1S/C11H19NO4/c1-6-7(2)11(12,8(13)14)9(15)16-10(3,4)5/h6-7H,1,12H2,2-5H3,(H,13,14)/t7?,11-/m0/s1. The maximum atomic E-state index is 11.7. The van der Waals surface area contributed by atoms with Gasteiger partial charge in [-0.25, -0.2) is 9.59 Å². The number of hydrogen-bond acceptors (Lipinski definition) is 4. The van der Waals surface area contributed by atoms with E-state index >= 15 is 0 Å². The summed E-state index contributed by atoms with van der Waals surface area (Å²) in [7, 11) is 0. The van der Waals surface area contributed by atoms with Crippen molar-refractivity contribution >= 4 is 11.9 Å². The monoisotopic (exact) mass is 229 g/mol. The molecule has 0 aliphatic heterocycles. The second-order valence-electron chi connectivity index (χ2n) is 4.70. The van der Waals surface area contributed by atoms with Gasteiger partial charge < -0.3 is 15.6 Å². The SMILES string of the molecule is C=CC(C)[C@](N)(C(=O)O)C(=O)OC(C)(C)C. The van der Waals surface area contributed by atoms with Gasteiger partial charge in [-0.15, -0.1) is 6.58 Å². The number of aliphatic carboxylic acids is 1. The highest BCUT2D eigenvalue weighted by molar-refractivity contribution is 6.04. The summed E-state index contributed by atoms with van der Waals surface area (Å²) in [6, 6.07) is 0. The van der Waals surface area contributed by atoms with Crippen LogP contribution in [-0.4, -0.2) is 28.2 Å². The summed E-state index contributed by atoms with van der Waals surface area (Å²) in [4.78, 5) is 22.8. The van der Waals surface area contributed by atoms with Crippen molar-refractivity contribution < 1.29 is 19.4 Å². The van der Waals surface area contributed by atoms with E-state index in [2.05, 4.69) is 6.58 Å². The molecule has 1 unspecified atom stereocenters. The molecular weight excluding hydrogens is 210 g/mol. The fourth-order valence-electron chi connectivity index (χ4n) is 1.02. The molecule has 0 heterocycles. The first-order valence-corrected chi connectivity index (χ1v) is 4.94. The molecule has 0 aliphatic rings. The van der Waals surface area contributed by atoms with E-state index in [4.69, 9.17) is 15.6 Å². The lowest BCUT2D eigenvalue weighted by Crippen LogP contribution is -2.60. The number of nitrogens with two attached hydrogens (primary N) is 1. The van der Waals surface area contributed by atoms with Crippen LogP contribution in [0.25, 0.3) is 0 Å². The largest absolute Gasteiger partial charge is 0.479 e. The molecule has 0 spiro atoms. The third-order valence-corrected chi connectivity index (χ3v) is 2.16. The average Bonchev–Trinajstić information content (AvgIpc) is 2.11. The molecule has 92 valence electrons. The molecule has 0 aromatic heterocycles. The Labute approximate surface area is 95.3 Å². The molecule has 0 saturated carbocycles. The summed E-state index contributed by atoms with van der Waals surface area (Å²) in [5.74, 6) is -3.10. The van der Waals surface area contributed by atoms with Crippen LogP contribution < -0.4 is 5.73 Å². The molecule has 0 aromatic rings. The van der Waals surface area contributed by atoms with E-state index in [0.29, 0.717) is 0 Å². The molecule has 0 amide bonds. The van der Waals surface area contributed by atoms with Crippen LogP contribution in [0.15, 0.2) is 12.7 Å². The van der Waals surface area contributed by atoms with E-state index in [0.717, 1.165) is 0 Å². The number of rotatable bonds is 4. The Hall–Kier alpha value is -1.36. The van der Waals surface area contributed by atoms with Gasteiger partial charge in [0, 0.05) is 5.92 Å². The van der Waals surface area contributed by atoms with E-state index in [1.54, 1.807) is 20.8 Å². The second kappa shape index (κ2) is 4.65. The molecule has 0 radical (unpaired) electrons. The van der Waals surface area contributed by atoms with E-state index in [9.17, 15) is 9.59 Å². The number of carbonyl (C=O) groups excluding carboxylic acids is 1. The van der Waals surface area contributed by atoms with E-state index in [-0.39, 0.29) is 0 Å². The summed E-state index contributed by atoms with van der Waals surface area (Å²) >= 11 is 0. The molecule has 16 heavy (non-hydrogen) atoms. The summed E-state index contributed by atoms with van der Waals surface area (Å²) in [5.41, 5.74) is 2.73. The number of hydrogen-bond donors (Lipinski definition) is 2. The van der Waals surface area contributed by atoms with E-state index < -0.39 is 29.0 Å². The van der Waals surface area contributed by atoms with Crippen molar-refractivity contribution in [2.75, 3.05) is 0 Å². The topological polar surface area (TPSA) is 89.6 Å². The van der Waals surface area contributed by atoms with Gasteiger partial charge in [-0.1, -0.05) is 13.0 Å². The van der Waals surface area contributed by atoms with Crippen LogP contribution in [0.5, 0.6) is 0 Å². The predicted molar refractivity (Wildman–Crippen MR) is 59.8 cm³/mol. The van der Waals surface area contributed by atoms with Gasteiger partial charge in [0.1, 0.15) is 5.60 Å². The van der Waals surface area contributed by atoms with Crippen molar-refractivity contribution in [2.45, 2.75) is 38.8 Å². The van der Waals surface area contributed by atoms with Crippen LogP contribution in [0.1, 0.15) is 27.7 Å². The van der Waals surface area contributed by atoms with Crippen molar-refractivity contribution in [3.05, 3.63) is 12.7 Å². The van der Waals surface area contributed by atoms with Crippen molar-refractivity contribution in [1.29, 1.82) is 0 Å². The molecule has 2 atom stereocenters. The lowest BCUT2D eigenvalue weighted by atomic mass is 9.86. The number of esters is 1. The molecule has 0 aromatic carbocycles. The highest BCUT2D eigenvalue weighted by atomic mass is 16.6. The Morgan fingerprint density at radius 1 is 1.44 bits per heavy atom. The number of carboxylic acid groups (broad SMARTS) is 1. The van der Waals surface area contributed by atoms with Crippen LogP contribution in [0, 0.1) is 5.92 Å². The molecule has 0 aliphatic carbocycles. The van der Waals surface area contributed by atoms with Crippen LogP contribution in [0.2, 0.25) is 0 Å². The van der Waals surface area contributed by atoms with Crippen LogP contribution in [-0.2, 0) is 14.3 Å². The first kappa shape index (κ1) is 14.6. The second-order valence-corrected chi connectivity index (χ2v) is 4.70. The van der Waals surface area contributed by atoms with Gasteiger partial charge in [0.2, 0.25) is 5.54 Å². The Kier molecular flexibility index (Phi) is 4.26. The summed E-state index contributed by atoms with van der Waals surface area (Å²) in [6.45, 7) is 9.88. The highest BCUT2D eigenvalue weighted by Gasteiger charge is 2.48. The van der Waals surface area contributed by atoms with Crippen LogP contribution in [0.4, 0.5) is 0 Å². The van der Waals surface area contributed by atoms with Gasteiger partial charge in [0.05, 0.1) is 0 Å². The quantitative estimate of drug-likeness (QED) is 0.425. The summed E-state index contributed by atoms with van der Waals surface area (Å²) in [5, 5.41) is 9.03. The van der Waals surface area contributed by atoms with Crippen LogP contribution in [0.3, 0.4) is 0 Å². The van der Waals surface area contributed by atoms with Crippen molar-refractivity contribution in [1.82, 2.24) is 0 Å². The van der Waals surface area contributed by atoms with Crippen LogP contribution >= 0.6 is 0 Å². The lowest BCUT2D eigenvalue weighted by molar-refractivity contribution is -0.170. The van der Waals surface area contributed by atoms with Gasteiger partial charge in [0.25, 0.3) is 0 Å². The lowest BCUT2D eigenvalue weighted by Gasteiger charge is -2.30. The molecule has 0 rings (SSSR count). The van der Waals surface area contributed by atoms with Gasteiger partial charge in [-0.05, 0) is 20.8 Å². The third kappa shape index (κ3) is 3.06. The first-order valence-electron chi connectivity index (χ1n) is 4.94. The zero-order chi connectivity index (χ0) is 13.1. The fourth-order valence-corrected chi connectivity index (χ4v) is 1.02. The molecule has 0 fully saturated rings.